The maximum Gasteiger partial charge on any atom is 0.256 e. The monoisotopic (exact) mass is 341 g/mol. The van der Waals surface area contributed by atoms with E-state index in [1.165, 1.54) is 37.4 Å². The molecule has 0 radical (unpaired) electrons. The van der Waals surface area contributed by atoms with Gasteiger partial charge in [-0.3, -0.25) is 4.79 Å². The summed E-state index contributed by atoms with van der Waals surface area (Å²) >= 11 is 3.00. The van der Waals surface area contributed by atoms with E-state index in [2.05, 4.69) is 21.2 Å². The van der Waals surface area contributed by atoms with Gasteiger partial charge in [0.2, 0.25) is 0 Å². The molecule has 0 fully saturated rings. The lowest BCUT2D eigenvalue weighted by Crippen LogP contribution is -2.13. The molecule has 0 atom stereocenters. The predicted molar refractivity (Wildman–Crippen MR) is 75.0 cm³/mol. The number of hydrogen-bond acceptors (Lipinski definition) is 2. The number of hydrogen-bond donors (Lipinski definition) is 1. The number of carbonyl (C=O) groups excluding carboxylic acids is 1. The first-order valence-electron chi connectivity index (χ1n) is 5.62. The number of halogens is 3. The molecule has 1 amide bonds. The zero-order valence-corrected chi connectivity index (χ0v) is 12.0. The Morgan fingerprint density at radius 2 is 1.95 bits per heavy atom. The molecule has 0 unspecified atom stereocenters. The predicted octanol–water partition coefficient (Wildman–Crippen LogP) is 3.99. The van der Waals surface area contributed by atoms with Crippen LogP contribution in [0.5, 0.6) is 5.75 Å². The minimum atomic E-state index is -0.594. The average molecular weight is 342 g/mol. The molecular formula is C14H10BrF2NO2. The maximum atomic E-state index is 13.5. The van der Waals surface area contributed by atoms with Gasteiger partial charge in [0.25, 0.3) is 5.91 Å². The molecule has 2 aromatic carbocycles. The Balaban J connectivity index is 2.24. The Morgan fingerprint density at radius 1 is 1.20 bits per heavy atom. The van der Waals surface area contributed by atoms with Gasteiger partial charge in [-0.1, -0.05) is 6.07 Å². The zero-order valence-electron chi connectivity index (χ0n) is 10.4. The van der Waals surface area contributed by atoms with Gasteiger partial charge < -0.3 is 10.1 Å². The first kappa shape index (κ1) is 14.5. The van der Waals surface area contributed by atoms with Gasteiger partial charge in [0.05, 0.1) is 17.1 Å². The molecule has 0 aliphatic rings. The first-order valence-corrected chi connectivity index (χ1v) is 6.41. The summed E-state index contributed by atoms with van der Waals surface area (Å²) in [5.74, 6) is -1.60. The van der Waals surface area contributed by atoms with Gasteiger partial charge in [0, 0.05) is 11.8 Å². The third kappa shape index (κ3) is 2.96. The largest absolute Gasteiger partial charge is 0.494 e. The molecule has 0 spiro atoms. The van der Waals surface area contributed by atoms with Gasteiger partial charge in [-0.15, -0.1) is 0 Å². The quantitative estimate of drug-likeness (QED) is 0.916. The Bertz CT molecular complexity index is 662. The van der Waals surface area contributed by atoms with E-state index in [0.717, 1.165) is 6.07 Å². The lowest BCUT2D eigenvalue weighted by atomic mass is 10.2. The van der Waals surface area contributed by atoms with Crippen molar-refractivity contribution < 1.29 is 18.3 Å². The van der Waals surface area contributed by atoms with Gasteiger partial charge in [-0.25, -0.2) is 8.78 Å². The Labute approximate surface area is 122 Å². The highest BCUT2D eigenvalue weighted by atomic mass is 79.9. The highest BCUT2D eigenvalue weighted by Gasteiger charge is 2.14. The Kier molecular flexibility index (Phi) is 4.34. The summed E-state index contributed by atoms with van der Waals surface area (Å²) in [6, 6.07) is 8.13. The van der Waals surface area contributed by atoms with Crippen LogP contribution in [0.4, 0.5) is 14.5 Å². The molecular weight excluding hydrogens is 332 g/mol. The van der Waals surface area contributed by atoms with Crippen LogP contribution in [0.3, 0.4) is 0 Å². The highest BCUT2D eigenvalue weighted by Crippen LogP contribution is 2.24. The first-order chi connectivity index (χ1) is 9.52. The smallest absolute Gasteiger partial charge is 0.256 e. The van der Waals surface area contributed by atoms with Crippen molar-refractivity contribution >= 4 is 27.5 Å². The molecule has 0 saturated heterocycles. The van der Waals surface area contributed by atoms with Crippen LogP contribution >= 0.6 is 15.9 Å². The van der Waals surface area contributed by atoms with Crippen molar-refractivity contribution in [1.82, 2.24) is 0 Å². The van der Waals surface area contributed by atoms with Gasteiger partial charge in [-0.2, -0.15) is 0 Å². The molecule has 3 nitrogen and oxygen atoms in total. The van der Waals surface area contributed by atoms with Crippen LogP contribution in [-0.4, -0.2) is 13.0 Å². The molecule has 0 aliphatic heterocycles. The number of rotatable bonds is 3. The van der Waals surface area contributed by atoms with Crippen LogP contribution in [0.15, 0.2) is 40.9 Å². The topological polar surface area (TPSA) is 38.3 Å². The zero-order chi connectivity index (χ0) is 14.7. The molecule has 20 heavy (non-hydrogen) atoms. The number of nitrogens with one attached hydrogen (secondary N) is 1. The van der Waals surface area contributed by atoms with Crippen molar-refractivity contribution in [3.8, 4) is 5.75 Å². The van der Waals surface area contributed by atoms with E-state index in [1.54, 1.807) is 0 Å². The van der Waals surface area contributed by atoms with Crippen molar-refractivity contribution in [3.05, 3.63) is 58.1 Å². The van der Waals surface area contributed by atoms with Gasteiger partial charge >= 0.3 is 0 Å². The van der Waals surface area contributed by atoms with E-state index < -0.39 is 17.5 Å². The van der Waals surface area contributed by atoms with E-state index in [0.29, 0.717) is 0 Å². The lowest BCUT2D eigenvalue weighted by Gasteiger charge is -2.08. The van der Waals surface area contributed by atoms with Crippen LogP contribution in [0.2, 0.25) is 0 Å². The fourth-order valence-electron chi connectivity index (χ4n) is 1.62. The number of ether oxygens (including phenoxy) is 1. The second-order valence-corrected chi connectivity index (χ2v) is 4.70. The summed E-state index contributed by atoms with van der Waals surface area (Å²) < 4.78 is 31.7. The molecule has 104 valence electrons. The minimum absolute atomic E-state index is 0.0616. The molecule has 2 rings (SSSR count). The molecule has 1 N–H and O–H groups in total. The lowest BCUT2D eigenvalue weighted by molar-refractivity contribution is 0.102. The summed E-state index contributed by atoms with van der Waals surface area (Å²) in [6.45, 7) is 0. The van der Waals surface area contributed by atoms with Crippen LogP contribution in [0, 0.1) is 11.6 Å². The van der Waals surface area contributed by atoms with E-state index in [-0.39, 0.29) is 21.5 Å². The second kappa shape index (κ2) is 6.00. The highest BCUT2D eigenvalue weighted by molar-refractivity contribution is 9.10. The Morgan fingerprint density at radius 3 is 2.60 bits per heavy atom. The maximum absolute atomic E-state index is 13.5. The summed E-state index contributed by atoms with van der Waals surface area (Å²) in [5, 5.41) is 2.49. The van der Waals surface area contributed by atoms with E-state index in [4.69, 9.17) is 4.74 Å². The average Bonchev–Trinajstić information content (AvgIpc) is 2.42. The molecule has 2 aromatic rings. The van der Waals surface area contributed by atoms with Gasteiger partial charge in [-0.05, 0) is 40.2 Å². The van der Waals surface area contributed by atoms with Crippen LogP contribution in [0.25, 0.3) is 0 Å². The molecule has 6 heteroatoms. The minimum Gasteiger partial charge on any atom is -0.494 e. The van der Waals surface area contributed by atoms with Gasteiger partial charge in [0.15, 0.2) is 11.6 Å². The van der Waals surface area contributed by atoms with Gasteiger partial charge in [0.1, 0.15) is 5.82 Å². The number of amides is 1. The van der Waals surface area contributed by atoms with E-state index in [9.17, 15) is 13.6 Å². The van der Waals surface area contributed by atoms with E-state index >= 15 is 0 Å². The molecule has 0 saturated carbocycles. The fourth-order valence-corrected chi connectivity index (χ4v) is 2.07. The Hall–Kier alpha value is -1.95. The van der Waals surface area contributed by atoms with Crippen molar-refractivity contribution in [2.75, 3.05) is 12.4 Å². The second-order valence-electron chi connectivity index (χ2n) is 3.90. The molecule has 0 aromatic heterocycles. The third-order valence-corrected chi connectivity index (χ3v) is 3.41. The molecule has 0 aliphatic carbocycles. The van der Waals surface area contributed by atoms with Crippen molar-refractivity contribution in [3.63, 3.8) is 0 Å². The fraction of sp³-hybridized carbons (Fsp3) is 0.0714. The number of benzene rings is 2. The van der Waals surface area contributed by atoms with Crippen molar-refractivity contribution in [2.24, 2.45) is 0 Å². The summed E-state index contributed by atoms with van der Waals surface area (Å²) in [7, 11) is 1.35. The van der Waals surface area contributed by atoms with Crippen LogP contribution in [0.1, 0.15) is 10.4 Å². The third-order valence-electron chi connectivity index (χ3n) is 2.61. The normalized spacial score (nSPS) is 10.2. The summed E-state index contributed by atoms with van der Waals surface area (Å²) in [6.07, 6.45) is 0. The summed E-state index contributed by atoms with van der Waals surface area (Å²) in [5.41, 5.74) is 0.380. The molecule has 0 bridgehead atoms. The summed E-state index contributed by atoms with van der Waals surface area (Å²) in [4.78, 5) is 12.0. The number of anilines is 1. The SMILES string of the molecule is COc1ccc(NC(=O)c2cccc(F)c2Br)cc1F. The molecule has 0 heterocycles. The van der Waals surface area contributed by atoms with Crippen molar-refractivity contribution in [2.45, 2.75) is 0 Å². The number of carbonyl (C=O) groups is 1. The standard InChI is InChI=1S/C14H10BrF2NO2/c1-20-12-6-5-8(7-11(12)17)18-14(19)9-3-2-4-10(16)13(9)15/h2-7H,1H3,(H,18,19). The van der Waals surface area contributed by atoms with Crippen LogP contribution < -0.4 is 10.1 Å². The number of methoxy groups -OCH3 is 1. The van der Waals surface area contributed by atoms with E-state index in [1.807, 2.05) is 0 Å². The van der Waals surface area contributed by atoms with Crippen molar-refractivity contribution in [1.29, 1.82) is 0 Å². The van der Waals surface area contributed by atoms with Crippen LogP contribution in [-0.2, 0) is 0 Å².